The number of rotatable bonds is 7. The number of ketones is 1. The van der Waals surface area contributed by atoms with Gasteiger partial charge in [-0.3, -0.25) is 19.7 Å². The molecule has 0 aliphatic rings. The van der Waals surface area contributed by atoms with Crippen molar-refractivity contribution < 1.29 is 19.2 Å². The van der Waals surface area contributed by atoms with E-state index in [1.54, 1.807) is 54.6 Å². The standard InChI is InChI=1S/C26H20N2O6/c1-33-22-13-9-16(14-23(22)34-2)8-12-21(29)25-24(17-6-4-3-5-7-17)19-15-18(28(31)32)10-11-20(19)27-26(25)30/h3-15H,1-2H3,(H,27,30)/b12-8-. The van der Waals surface area contributed by atoms with Crippen molar-refractivity contribution in [2.75, 3.05) is 14.2 Å². The fourth-order valence-electron chi connectivity index (χ4n) is 3.75. The first-order chi connectivity index (χ1) is 16.4. The maximum Gasteiger partial charge on any atom is 0.270 e. The van der Waals surface area contributed by atoms with Gasteiger partial charge in [-0.15, -0.1) is 0 Å². The van der Waals surface area contributed by atoms with Gasteiger partial charge in [0, 0.05) is 28.6 Å². The van der Waals surface area contributed by atoms with Crippen LogP contribution in [0.3, 0.4) is 0 Å². The summed E-state index contributed by atoms with van der Waals surface area (Å²) in [4.78, 5) is 39.8. The van der Waals surface area contributed by atoms with Gasteiger partial charge in [0.2, 0.25) is 0 Å². The van der Waals surface area contributed by atoms with Crippen LogP contribution >= 0.6 is 0 Å². The highest BCUT2D eigenvalue weighted by Crippen LogP contribution is 2.32. The van der Waals surface area contributed by atoms with Crippen molar-refractivity contribution in [2.45, 2.75) is 0 Å². The molecule has 1 heterocycles. The van der Waals surface area contributed by atoms with Gasteiger partial charge in [-0.05, 0) is 35.4 Å². The number of H-pyrrole nitrogens is 1. The van der Waals surface area contributed by atoms with Crippen LogP contribution in [0.4, 0.5) is 5.69 Å². The second-order valence-electron chi connectivity index (χ2n) is 7.37. The summed E-state index contributed by atoms with van der Waals surface area (Å²) in [6.07, 6.45) is 2.86. The van der Waals surface area contributed by atoms with Crippen molar-refractivity contribution in [1.82, 2.24) is 4.98 Å². The Labute approximate surface area is 194 Å². The summed E-state index contributed by atoms with van der Waals surface area (Å²) >= 11 is 0. The Bertz CT molecular complexity index is 1490. The van der Waals surface area contributed by atoms with Gasteiger partial charge in [0.05, 0.1) is 24.7 Å². The van der Waals surface area contributed by atoms with Gasteiger partial charge in [0.1, 0.15) is 0 Å². The van der Waals surface area contributed by atoms with Crippen molar-refractivity contribution in [3.63, 3.8) is 0 Å². The molecule has 0 bridgehead atoms. The molecule has 0 saturated carbocycles. The third-order valence-corrected chi connectivity index (χ3v) is 5.35. The Kier molecular flexibility index (Phi) is 6.22. The van der Waals surface area contributed by atoms with E-state index in [4.69, 9.17) is 9.47 Å². The van der Waals surface area contributed by atoms with Crippen LogP contribution in [0.15, 0.2) is 77.6 Å². The molecule has 8 nitrogen and oxygen atoms in total. The first-order valence-electron chi connectivity index (χ1n) is 10.3. The molecule has 34 heavy (non-hydrogen) atoms. The highest BCUT2D eigenvalue weighted by molar-refractivity contribution is 6.15. The molecule has 4 aromatic rings. The molecule has 0 amide bonds. The maximum absolute atomic E-state index is 13.3. The van der Waals surface area contributed by atoms with Crippen molar-refractivity contribution in [2.24, 2.45) is 0 Å². The van der Waals surface area contributed by atoms with E-state index in [9.17, 15) is 19.7 Å². The predicted molar refractivity (Wildman–Crippen MR) is 130 cm³/mol. The van der Waals surface area contributed by atoms with E-state index < -0.39 is 16.3 Å². The monoisotopic (exact) mass is 456 g/mol. The lowest BCUT2D eigenvalue weighted by Gasteiger charge is -2.11. The fraction of sp³-hybridized carbons (Fsp3) is 0.0769. The largest absolute Gasteiger partial charge is 0.493 e. The number of ether oxygens (including phenoxy) is 2. The number of benzene rings is 3. The van der Waals surface area contributed by atoms with Crippen LogP contribution < -0.4 is 15.0 Å². The second kappa shape index (κ2) is 9.41. The Morgan fingerprint density at radius 1 is 0.971 bits per heavy atom. The number of pyridine rings is 1. The normalized spacial score (nSPS) is 11.0. The maximum atomic E-state index is 13.3. The third kappa shape index (κ3) is 4.29. The number of hydrogen-bond acceptors (Lipinski definition) is 6. The Hall–Kier alpha value is -4.72. The number of hydrogen-bond donors (Lipinski definition) is 1. The molecule has 0 fully saturated rings. The molecular formula is C26H20N2O6. The first kappa shape index (κ1) is 22.5. The highest BCUT2D eigenvalue weighted by Gasteiger charge is 2.21. The number of methoxy groups -OCH3 is 2. The van der Waals surface area contributed by atoms with Crippen LogP contribution in [0.5, 0.6) is 11.5 Å². The number of nitrogens with zero attached hydrogens (tertiary/aromatic N) is 1. The SMILES string of the molecule is COc1ccc(/C=C\C(=O)c2c(-c3ccccc3)c3cc([N+](=O)[O-])ccc3[nH]c2=O)cc1OC. The van der Waals surface area contributed by atoms with E-state index in [0.717, 1.165) is 0 Å². The zero-order valence-corrected chi connectivity index (χ0v) is 18.4. The number of aromatic nitrogens is 1. The Morgan fingerprint density at radius 2 is 1.71 bits per heavy atom. The van der Waals surface area contributed by atoms with Crippen LogP contribution in [0.25, 0.3) is 28.1 Å². The minimum absolute atomic E-state index is 0.101. The molecule has 0 spiro atoms. The molecule has 4 rings (SSSR count). The Balaban J connectivity index is 1.88. The van der Waals surface area contributed by atoms with E-state index in [1.165, 1.54) is 38.5 Å². The van der Waals surface area contributed by atoms with Gasteiger partial charge >= 0.3 is 0 Å². The van der Waals surface area contributed by atoms with Gasteiger partial charge in [-0.25, -0.2) is 0 Å². The van der Waals surface area contributed by atoms with Crippen LogP contribution in [0.2, 0.25) is 0 Å². The molecule has 1 N–H and O–H groups in total. The lowest BCUT2D eigenvalue weighted by molar-refractivity contribution is -0.384. The van der Waals surface area contributed by atoms with Gasteiger partial charge in [0.25, 0.3) is 11.2 Å². The van der Waals surface area contributed by atoms with Gasteiger partial charge in [-0.1, -0.05) is 42.5 Å². The number of non-ortho nitro benzene ring substituents is 1. The lowest BCUT2D eigenvalue weighted by atomic mass is 9.93. The van der Waals surface area contributed by atoms with Crippen LogP contribution in [0, 0.1) is 10.1 Å². The number of carbonyl (C=O) groups is 1. The van der Waals surface area contributed by atoms with Gasteiger partial charge in [-0.2, -0.15) is 0 Å². The van der Waals surface area contributed by atoms with Crippen LogP contribution in [0.1, 0.15) is 15.9 Å². The number of nitro benzene ring substituents is 1. The average Bonchev–Trinajstić information content (AvgIpc) is 2.86. The van der Waals surface area contributed by atoms with Crippen LogP contribution in [-0.2, 0) is 0 Å². The van der Waals surface area contributed by atoms with E-state index >= 15 is 0 Å². The molecular weight excluding hydrogens is 436 g/mol. The topological polar surface area (TPSA) is 112 Å². The predicted octanol–water partition coefficient (Wildman–Crippen LogP) is 5.02. The molecule has 0 aliphatic carbocycles. The smallest absolute Gasteiger partial charge is 0.270 e. The number of nitro groups is 1. The molecule has 0 saturated heterocycles. The summed E-state index contributed by atoms with van der Waals surface area (Å²) in [5, 5.41) is 11.8. The summed E-state index contributed by atoms with van der Waals surface area (Å²) in [6, 6.07) is 18.2. The number of allylic oxidation sites excluding steroid dienone is 1. The van der Waals surface area contributed by atoms with Gasteiger partial charge < -0.3 is 14.5 Å². The van der Waals surface area contributed by atoms with E-state index in [-0.39, 0.29) is 11.3 Å². The van der Waals surface area contributed by atoms with Crippen molar-refractivity contribution in [1.29, 1.82) is 0 Å². The third-order valence-electron chi connectivity index (χ3n) is 5.35. The van der Waals surface area contributed by atoms with E-state index in [2.05, 4.69) is 4.98 Å². The van der Waals surface area contributed by atoms with Crippen molar-refractivity contribution in [3.05, 3.63) is 104 Å². The molecule has 0 radical (unpaired) electrons. The second-order valence-corrected chi connectivity index (χ2v) is 7.37. The summed E-state index contributed by atoms with van der Waals surface area (Å²) in [7, 11) is 3.04. The van der Waals surface area contributed by atoms with Crippen molar-refractivity contribution >= 4 is 28.4 Å². The highest BCUT2D eigenvalue weighted by atomic mass is 16.6. The molecule has 0 atom stereocenters. The molecule has 1 aromatic heterocycles. The quantitative estimate of drug-likeness (QED) is 0.181. The number of aromatic amines is 1. The first-order valence-corrected chi connectivity index (χ1v) is 10.3. The molecule has 0 aliphatic heterocycles. The van der Waals surface area contributed by atoms with E-state index in [0.29, 0.717) is 39.1 Å². The Morgan fingerprint density at radius 3 is 2.38 bits per heavy atom. The van der Waals surface area contributed by atoms with Gasteiger partial charge in [0.15, 0.2) is 17.3 Å². The fourth-order valence-corrected chi connectivity index (χ4v) is 3.75. The summed E-state index contributed by atoms with van der Waals surface area (Å²) in [5.74, 6) is 0.506. The molecule has 3 aromatic carbocycles. The van der Waals surface area contributed by atoms with E-state index in [1.807, 2.05) is 0 Å². The average molecular weight is 456 g/mol. The zero-order valence-electron chi connectivity index (χ0n) is 18.4. The number of fused-ring (bicyclic) bond motifs is 1. The molecule has 170 valence electrons. The zero-order chi connectivity index (χ0) is 24.2. The van der Waals surface area contributed by atoms with Crippen LogP contribution in [-0.4, -0.2) is 29.9 Å². The summed E-state index contributed by atoms with van der Waals surface area (Å²) < 4.78 is 10.5. The number of carbonyl (C=O) groups excluding carboxylic acids is 1. The van der Waals surface area contributed by atoms with Crippen molar-refractivity contribution in [3.8, 4) is 22.6 Å². The molecule has 8 heteroatoms. The number of nitrogens with one attached hydrogen (secondary N) is 1. The summed E-state index contributed by atoms with van der Waals surface area (Å²) in [5.41, 5.74) is 1.18. The molecule has 0 unspecified atom stereocenters. The lowest BCUT2D eigenvalue weighted by Crippen LogP contribution is -2.18. The minimum Gasteiger partial charge on any atom is -0.493 e. The minimum atomic E-state index is -0.581. The summed E-state index contributed by atoms with van der Waals surface area (Å²) in [6.45, 7) is 0.